The van der Waals surface area contributed by atoms with E-state index in [0.29, 0.717) is 23.5 Å². The zero-order valence-electron chi connectivity index (χ0n) is 19.0. The number of ether oxygens (including phenoxy) is 1. The maximum atomic E-state index is 13.0. The van der Waals surface area contributed by atoms with Crippen molar-refractivity contribution in [3.05, 3.63) is 59.7 Å². The number of aliphatic imine (C=N–C) groups is 1. The average molecular weight is 457 g/mol. The minimum absolute atomic E-state index is 0.0262. The first-order valence-corrected chi connectivity index (χ1v) is 11.4. The number of halogens is 2. The number of aliphatic hydroxyl groups is 1. The number of hydrogen-bond donors (Lipinski definition) is 2. The standard InChI is InChI=1S/C26H30F2N2O3/c1-25(13-6-14-25)20-11-9-17-15-19(33-24(27)28)10-12-21(17)29-23(20)30-22(31)16-26(2,32)18-7-4-3-5-8-18/h3-5,7-8,10,12,15,20,24,32H,6,9,11,13-14,16H2,1-2H3,(H,29,30,31). The molecule has 0 aromatic heterocycles. The molecule has 0 saturated heterocycles. The molecule has 0 bridgehead atoms. The van der Waals surface area contributed by atoms with E-state index < -0.39 is 12.2 Å². The number of alkyl halides is 2. The van der Waals surface area contributed by atoms with Gasteiger partial charge in [-0.1, -0.05) is 43.7 Å². The molecule has 1 aliphatic heterocycles. The largest absolute Gasteiger partial charge is 0.435 e. The zero-order chi connectivity index (χ0) is 23.6. The Morgan fingerprint density at radius 3 is 2.64 bits per heavy atom. The molecule has 4 rings (SSSR count). The number of fused-ring (bicyclic) bond motifs is 1. The number of benzene rings is 2. The van der Waals surface area contributed by atoms with Crippen LogP contribution in [-0.4, -0.2) is 23.5 Å². The van der Waals surface area contributed by atoms with Gasteiger partial charge in [0.25, 0.3) is 0 Å². The third kappa shape index (κ3) is 5.24. The third-order valence-corrected chi connectivity index (χ3v) is 7.05. The Bertz CT molecular complexity index is 1030. The number of nitrogens with one attached hydrogen (secondary N) is 1. The van der Waals surface area contributed by atoms with E-state index in [1.165, 1.54) is 6.07 Å². The van der Waals surface area contributed by atoms with Crippen LogP contribution in [0.2, 0.25) is 0 Å². The maximum absolute atomic E-state index is 13.0. The van der Waals surface area contributed by atoms with Crippen LogP contribution in [0.15, 0.2) is 53.5 Å². The van der Waals surface area contributed by atoms with Crippen LogP contribution in [0.5, 0.6) is 5.75 Å². The molecular formula is C26H30F2N2O3. The molecule has 5 nitrogen and oxygen atoms in total. The summed E-state index contributed by atoms with van der Waals surface area (Å²) >= 11 is 0. The van der Waals surface area contributed by atoms with Crippen molar-refractivity contribution in [3.63, 3.8) is 0 Å². The van der Waals surface area contributed by atoms with Crippen molar-refractivity contribution in [1.82, 2.24) is 5.32 Å². The summed E-state index contributed by atoms with van der Waals surface area (Å²) in [6.07, 6.45) is 4.52. The number of rotatable bonds is 6. The van der Waals surface area contributed by atoms with E-state index in [-0.39, 0.29) is 29.4 Å². The van der Waals surface area contributed by atoms with Gasteiger partial charge in [0.2, 0.25) is 5.91 Å². The number of amidine groups is 1. The number of amides is 1. The van der Waals surface area contributed by atoms with Crippen molar-refractivity contribution in [1.29, 1.82) is 0 Å². The molecule has 2 aliphatic rings. The highest BCUT2D eigenvalue weighted by Gasteiger charge is 2.43. The molecule has 176 valence electrons. The molecule has 2 atom stereocenters. The molecule has 7 heteroatoms. The van der Waals surface area contributed by atoms with Gasteiger partial charge in [-0.15, -0.1) is 0 Å². The lowest BCUT2D eigenvalue weighted by Crippen LogP contribution is -2.47. The van der Waals surface area contributed by atoms with Crippen molar-refractivity contribution in [3.8, 4) is 5.75 Å². The maximum Gasteiger partial charge on any atom is 0.387 e. The van der Waals surface area contributed by atoms with Gasteiger partial charge in [-0.2, -0.15) is 8.78 Å². The number of hydrogen-bond acceptors (Lipinski definition) is 4. The average Bonchev–Trinajstić information content (AvgIpc) is 2.91. The van der Waals surface area contributed by atoms with Crippen molar-refractivity contribution in [2.45, 2.75) is 64.6 Å². The number of carbonyl (C=O) groups is 1. The summed E-state index contributed by atoms with van der Waals surface area (Å²) in [5.74, 6) is 0.421. The lowest BCUT2D eigenvalue weighted by molar-refractivity contribution is -0.124. The van der Waals surface area contributed by atoms with Gasteiger partial charge < -0.3 is 15.2 Å². The number of carbonyl (C=O) groups excluding carboxylic acids is 1. The van der Waals surface area contributed by atoms with Crippen LogP contribution in [-0.2, 0) is 16.8 Å². The molecule has 1 amide bonds. The number of aryl methyl sites for hydroxylation is 1. The summed E-state index contributed by atoms with van der Waals surface area (Å²) in [5, 5.41) is 13.9. The fraction of sp³-hybridized carbons (Fsp3) is 0.462. The Morgan fingerprint density at radius 1 is 1.27 bits per heavy atom. The predicted molar refractivity (Wildman–Crippen MR) is 123 cm³/mol. The van der Waals surface area contributed by atoms with Gasteiger partial charge in [-0.25, -0.2) is 4.99 Å². The van der Waals surface area contributed by atoms with Gasteiger partial charge in [-0.3, -0.25) is 4.79 Å². The molecular weight excluding hydrogens is 426 g/mol. The Kier molecular flexibility index (Phi) is 6.52. The predicted octanol–water partition coefficient (Wildman–Crippen LogP) is 5.48. The molecule has 1 heterocycles. The highest BCUT2D eigenvalue weighted by Crippen LogP contribution is 2.50. The van der Waals surface area contributed by atoms with Gasteiger partial charge in [-0.05, 0) is 67.3 Å². The van der Waals surface area contributed by atoms with E-state index in [1.807, 2.05) is 18.2 Å². The van der Waals surface area contributed by atoms with Crippen LogP contribution in [0.3, 0.4) is 0 Å². The molecule has 2 N–H and O–H groups in total. The van der Waals surface area contributed by atoms with Gasteiger partial charge >= 0.3 is 6.61 Å². The lowest BCUT2D eigenvalue weighted by Gasteiger charge is -2.45. The molecule has 0 radical (unpaired) electrons. The minimum atomic E-state index is -2.88. The number of nitrogens with zero attached hydrogens (tertiary/aromatic N) is 1. The topological polar surface area (TPSA) is 70.9 Å². The van der Waals surface area contributed by atoms with Crippen LogP contribution in [0, 0.1) is 11.3 Å². The van der Waals surface area contributed by atoms with Crippen molar-refractivity contribution in [2.24, 2.45) is 16.3 Å². The van der Waals surface area contributed by atoms with Crippen LogP contribution >= 0.6 is 0 Å². The molecule has 2 unspecified atom stereocenters. The molecule has 1 aliphatic carbocycles. The first-order valence-electron chi connectivity index (χ1n) is 11.4. The van der Waals surface area contributed by atoms with Crippen LogP contribution in [0.25, 0.3) is 0 Å². The highest BCUT2D eigenvalue weighted by molar-refractivity contribution is 6.01. The summed E-state index contributed by atoms with van der Waals surface area (Å²) in [5.41, 5.74) is 0.848. The monoisotopic (exact) mass is 456 g/mol. The molecule has 2 aromatic rings. The van der Waals surface area contributed by atoms with Gasteiger partial charge in [0.15, 0.2) is 0 Å². The van der Waals surface area contributed by atoms with Crippen LogP contribution < -0.4 is 10.1 Å². The quantitative estimate of drug-likeness (QED) is 0.604. The smallest absolute Gasteiger partial charge is 0.387 e. The second-order valence-electron chi connectivity index (χ2n) is 9.63. The second-order valence-corrected chi connectivity index (χ2v) is 9.63. The first-order chi connectivity index (χ1) is 15.7. The van der Waals surface area contributed by atoms with Crippen molar-refractivity contribution in [2.75, 3.05) is 0 Å². The van der Waals surface area contributed by atoms with Crippen LogP contribution in [0.1, 0.15) is 57.1 Å². The zero-order valence-corrected chi connectivity index (χ0v) is 19.0. The summed E-state index contributed by atoms with van der Waals surface area (Å²) in [7, 11) is 0. The molecule has 33 heavy (non-hydrogen) atoms. The Labute approximate surface area is 192 Å². The van der Waals surface area contributed by atoms with E-state index in [9.17, 15) is 18.7 Å². The lowest BCUT2D eigenvalue weighted by atomic mass is 9.61. The van der Waals surface area contributed by atoms with Gasteiger partial charge in [0, 0.05) is 5.92 Å². The first kappa shape index (κ1) is 23.4. The molecule has 1 saturated carbocycles. The second kappa shape index (κ2) is 9.21. The SMILES string of the molecule is CC(O)(CC(=O)NC1=Nc2ccc(OC(F)F)cc2CCC1C1(C)CCC1)c1ccccc1. The van der Waals surface area contributed by atoms with E-state index in [0.717, 1.165) is 31.2 Å². The molecule has 0 spiro atoms. The van der Waals surface area contributed by atoms with Crippen LogP contribution in [0.4, 0.5) is 14.5 Å². The Balaban J connectivity index is 1.59. The summed E-state index contributed by atoms with van der Waals surface area (Å²) in [6.45, 7) is 0.956. The van der Waals surface area contributed by atoms with E-state index in [2.05, 4.69) is 17.0 Å². The van der Waals surface area contributed by atoms with E-state index in [4.69, 9.17) is 4.99 Å². The summed E-state index contributed by atoms with van der Waals surface area (Å²) in [4.78, 5) is 17.8. The Hall–Kier alpha value is -2.80. The highest BCUT2D eigenvalue weighted by atomic mass is 19.3. The summed E-state index contributed by atoms with van der Waals surface area (Å²) < 4.78 is 29.9. The Morgan fingerprint density at radius 2 is 2.00 bits per heavy atom. The third-order valence-electron chi connectivity index (χ3n) is 7.05. The van der Waals surface area contributed by atoms with E-state index >= 15 is 0 Å². The fourth-order valence-corrected chi connectivity index (χ4v) is 4.97. The normalized spacial score (nSPS) is 21.2. The van der Waals surface area contributed by atoms with E-state index in [1.54, 1.807) is 31.2 Å². The molecule has 1 fully saturated rings. The molecule has 2 aromatic carbocycles. The van der Waals surface area contributed by atoms with Gasteiger partial charge in [0.05, 0.1) is 17.7 Å². The summed E-state index contributed by atoms with van der Waals surface area (Å²) in [6, 6.07) is 13.8. The van der Waals surface area contributed by atoms with Gasteiger partial charge in [0.1, 0.15) is 11.6 Å². The van der Waals surface area contributed by atoms with Crippen molar-refractivity contribution >= 4 is 17.4 Å². The van der Waals surface area contributed by atoms with Crippen molar-refractivity contribution < 1.29 is 23.4 Å². The fourth-order valence-electron chi connectivity index (χ4n) is 4.97. The minimum Gasteiger partial charge on any atom is -0.435 e.